The van der Waals surface area contributed by atoms with Crippen LogP contribution in [0, 0.1) is 6.92 Å². The van der Waals surface area contributed by atoms with Gasteiger partial charge in [0.05, 0.1) is 0 Å². The molecule has 0 aliphatic rings. The van der Waals surface area contributed by atoms with E-state index < -0.39 is 0 Å². The van der Waals surface area contributed by atoms with Gasteiger partial charge in [0, 0.05) is 6.04 Å². The van der Waals surface area contributed by atoms with Crippen LogP contribution in [0.4, 0.5) is 0 Å². The summed E-state index contributed by atoms with van der Waals surface area (Å²) in [6, 6.07) is 9.01. The largest absolute Gasteiger partial charge is 0.313 e. The molecule has 1 N–H and O–H groups in total. The van der Waals surface area contributed by atoms with Crippen molar-refractivity contribution in [3.8, 4) is 0 Å². The molecule has 76 valence electrons. The van der Waals surface area contributed by atoms with Gasteiger partial charge in [-0.15, -0.1) is 6.58 Å². The lowest BCUT2D eigenvalue weighted by molar-refractivity contribution is 0.589. The van der Waals surface area contributed by atoms with Crippen molar-refractivity contribution in [1.82, 2.24) is 5.32 Å². The molecule has 1 heteroatoms. The van der Waals surface area contributed by atoms with Crippen molar-refractivity contribution >= 4 is 0 Å². The Morgan fingerprint density at radius 3 is 2.71 bits per heavy atom. The van der Waals surface area contributed by atoms with Gasteiger partial charge in [-0.3, -0.25) is 0 Å². The lowest BCUT2D eigenvalue weighted by atomic mass is 9.99. The number of aryl methyl sites for hydroxylation is 1. The molecule has 0 spiro atoms. The molecule has 1 unspecified atom stereocenters. The summed E-state index contributed by atoms with van der Waals surface area (Å²) in [4.78, 5) is 0. The third-order valence-electron chi connectivity index (χ3n) is 2.35. The summed E-state index contributed by atoms with van der Waals surface area (Å²) in [5.74, 6) is 0. The molecular weight excluding hydrogens is 170 g/mol. The fourth-order valence-electron chi connectivity index (χ4n) is 1.62. The molecule has 0 saturated carbocycles. The highest BCUT2D eigenvalue weighted by Crippen LogP contribution is 2.20. The molecule has 0 amide bonds. The minimum Gasteiger partial charge on any atom is -0.313 e. The molecule has 0 saturated heterocycles. The van der Waals surface area contributed by atoms with Gasteiger partial charge in [0.2, 0.25) is 0 Å². The lowest BCUT2D eigenvalue weighted by Crippen LogP contribution is -2.16. The zero-order chi connectivity index (χ0) is 10.6. The maximum Gasteiger partial charge on any atom is 0.0355 e. The van der Waals surface area contributed by atoms with Gasteiger partial charge in [-0.05, 0) is 32.9 Å². The summed E-state index contributed by atoms with van der Waals surface area (Å²) in [6.45, 7) is 8.14. The zero-order valence-corrected chi connectivity index (χ0v) is 9.30. The van der Waals surface area contributed by atoms with Gasteiger partial charge in [-0.2, -0.15) is 0 Å². The van der Waals surface area contributed by atoms with Gasteiger partial charge in [0.15, 0.2) is 0 Å². The molecule has 0 aromatic heterocycles. The van der Waals surface area contributed by atoms with Crippen LogP contribution in [0.2, 0.25) is 0 Å². The highest BCUT2D eigenvalue weighted by molar-refractivity contribution is 5.25. The molecule has 0 aliphatic carbocycles. The summed E-state index contributed by atoms with van der Waals surface area (Å²) in [7, 11) is 2.00. The first-order valence-corrected chi connectivity index (χ1v) is 5.01. The second-order valence-electron chi connectivity index (χ2n) is 3.92. The summed E-state index contributed by atoms with van der Waals surface area (Å²) < 4.78 is 0. The van der Waals surface area contributed by atoms with E-state index in [-0.39, 0.29) is 0 Å². The van der Waals surface area contributed by atoms with Gasteiger partial charge in [-0.1, -0.05) is 35.4 Å². The van der Waals surface area contributed by atoms with E-state index in [0.717, 1.165) is 6.42 Å². The maximum absolute atomic E-state index is 3.95. The summed E-state index contributed by atoms with van der Waals surface area (Å²) in [6.07, 6.45) is 1.000. The number of rotatable bonds is 4. The van der Waals surface area contributed by atoms with Crippen LogP contribution in [-0.2, 0) is 0 Å². The van der Waals surface area contributed by atoms with E-state index in [9.17, 15) is 0 Å². The third kappa shape index (κ3) is 3.00. The predicted molar refractivity (Wildman–Crippen MR) is 62.4 cm³/mol. The first-order valence-electron chi connectivity index (χ1n) is 5.01. The van der Waals surface area contributed by atoms with Crippen LogP contribution in [-0.4, -0.2) is 7.05 Å². The van der Waals surface area contributed by atoms with Crippen LogP contribution in [0.5, 0.6) is 0 Å². The average molecular weight is 189 g/mol. The Labute approximate surface area is 86.8 Å². The zero-order valence-electron chi connectivity index (χ0n) is 9.30. The molecule has 0 aliphatic heterocycles. The van der Waals surface area contributed by atoms with Crippen LogP contribution in [0.1, 0.15) is 30.5 Å². The molecule has 1 aromatic rings. The molecule has 1 atom stereocenters. The minimum atomic E-state index is 0.396. The van der Waals surface area contributed by atoms with Crippen molar-refractivity contribution < 1.29 is 0 Å². The Morgan fingerprint density at radius 1 is 1.50 bits per heavy atom. The number of hydrogen-bond donors (Lipinski definition) is 1. The monoisotopic (exact) mass is 189 g/mol. The van der Waals surface area contributed by atoms with Crippen LogP contribution >= 0.6 is 0 Å². The van der Waals surface area contributed by atoms with Crippen molar-refractivity contribution in [3.05, 3.63) is 47.5 Å². The van der Waals surface area contributed by atoms with Gasteiger partial charge in [-0.25, -0.2) is 0 Å². The van der Waals surface area contributed by atoms with E-state index in [1.807, 2.05) is 7.05 Å². The van der Waals surface area contributed by atoms with E-state index in [1.165, 1.54) is 16.7 Å². The Morgan fingerprint density at radius 2 is 2.21 bits per heavy atom. The van der Waals surface area contributed by atoms with Crippen LogP contribution in [0.25, 0.3) is 0 Å². The quantitative estimate of drug-likeness (QED) is 0.717. The van der Waals surface area contributed by atoms with Crippen molar-refractivity contribution in [3.63, 3.8) is 0 Å². The topological polar surface area (TPSA) is 12.0 Å². The van der Waals surface area contributed by atoms with Crippen LogP contribution < -0.4 is 5.32 Å². The van der Waals surface area contributed by atoms with E-state index in [4.69, 9.17) is 0 Å². The SMILES string of the molecule is C=C(C)CC(NC)c1cccc(C)c1. The Bertz CT molecular complexity index is 315. The highest BCUT2D eigenvalue weighted by atomic mass is 14.9. The molecule has 0 heterocycles. The lowest BCUT2D eigenvalue weighted by Gasteiger charge is -2.17. The molecule has 1 rings (SSSR count). The van der Waals surface area contributed by atoms with E-state index >= 15 is 0 Å². The van der Waals surface area contributed by atoms with Crippen LogP contribution in [0.3, 0.4) is 0 Å². The van der Waals surface area contributed by atoms with Gasteiger partial charge >= 0.3 is 0 Å². The maximum atomic E-state index is 3.95. The number of hydrogen-bond acceptors (Lipinski definition) is 1. The smallest absolute Gasteiger partial charge is 0.0355 e. The molecule has 0 fully saturated rings. The third-order valence-corrected chi connectivity index (χ3v) is 2.35. The van der Waals surface area contributed by atoms with Crippen molar-refractivity contribution in [2.24, 2.45) is 0 Å². The molecule has 1 nitrogen and oxygen atoms in total. The molecule has 0 bridgehead atoms. The van der Waals surface area contributed by atoms with Crippen LogP contribution in [0.15, 0.2) is 36.4 Å². The fourth-order valence-corrected chi connectivity index (χ4v) is 1.62. The first kappa shape index (κ1) is 11.0. The van der Waals surface area contributed by atoms with E-state index in [0.29, 0.717) is 6.04 Å². The molecule has 14 heavy (non-hydrogen) atoms. The van der Waals surface area contributed by atoms with Gasteiger partial charge < -0.3 is 5.32 Å². The summed E-state index contributed by atoms with van der Waals surface area (Å²) >= 11 is 0. The van der Waals surface area contributed by atoms with Crippen molar-refractivity contribution in [2.75, 3.05) is 7.05 Å². The molecule has 1 aromatic carbocycles. The number of nitrogens with one attached hydrogen (secondary N) is 1. The van der Waals surface area contributed by atoms with Gasteiger partial charge in [0.25, 0.3) is 0 Å². The summed E-state index contributed by atoms with van der Waals surface area (Å²) in [5, 5.41) is 3.32. The van der Waals surface area contributed by atoms with Gasteiger partial charge in [0.1, 0.15) is 0 Å². The molecular formula is C13H19N. The normalized spacial score (nSPS) is 12.5. The average Bonchev–Trinajstić information content (AvgIpc) is 2.14. The molecule has 0 radical (unpaired) electrons. The highest BCUT2D eigenvalue weighted by Gasteiger charge is 2.08. The fraction of sp³-hybridized carbons (Fsp3) is 0.385. The Kier molecular flexibility index (Phi) is 3.90. The Balaban J connectivity index is 2.83. The number of benzene rings is 1. The van der Waals surface area contributed by atoms with Crippen molar-refractivity contribution in [1.29, 1.82) is 0 Å². The van der Waals surface area contributed by atoms with E-state index in [2.05, 4.69) is 50.0 Å². The summed E-state index contributed by atoms with van der Waals surface area (Å²) in [5.41, 5.74) is 3.87. The second-order valence-corrected chi connectivity index (χ2v) is 3.92. The minimum absolute atomic E-state index is 0.396. The second kappa shape index (κ2) is 4.97. The first-order chi connectivity index (χ1) is 6.63. The standard InChI is InChI=1S/C13H19N/c1-10(2)8-13(14-4)12-7-5-6-11(3)9-12/h5-7,9,13-14H,1,8H2,2-4H3. The van der Waals surface area contributed by atoms with E-state index in [1.54, 1.807) is 0 Å². The predicted octanol–water partition coefficient (Wildman–Crippen LogP) is 3.22. The Hall–Kier alpha value is -1.08. The van der Waals surface area contributed by atoms with Crippen molar-refractivity contribution in [2.45, 2.75) is 26.3 Å².